The van der Waals surface area contributed by atoms with Crippen LogP contribution in [0.15, 0.2) is 83.8 Å². The molecule has 0 spiro atoms. The van der Waals surface area contributed by atoms with Gasteiger partial charge in [-0.1, -0.05) is 64.8 Å². The molecule has 0 aliphatic rings. The number of rotatable bonds is 6. The second-order valence-corrected chi connectivity index (χ2v) is 8.81. The van der Waals surface area contributed by atoms with Gasteiger partial charge in [0.25, 0.3) is 5.89 Å². The summed E-state index contributed by atoms with van der Waals surface area (Å²) in [6.45, 7) is 6.64. The summed E-state index contributed by atoms with van der Waals surface area (Å²) in [5.41, 5.74) is 7.42. The van der Waals surface area contributed by atoms with Gasteiger partial charge in [-0.25, -0.2) is 9.78 Å². The number of benzene rings is 3. The van der Waals surface area contributed by atoms with E-state index in [1.54, 1.807) is 6.33 Å². The first-order valence-corrected chi connectivity index (χ1v) is 11.6. The van der Waals surface area contributed by atoms with E-state index in [1.807, 2.05) is 98.3 Å². The molecule has 0 bridgehead atoms. The lowest BCUT2D eigenvalue weighted by atomic mass is 10.1. The molecule has 2 heterocycles. The SMILES string of the molecule is Cc1ccc(-c2noc(-c3cn(Cc4ccc(NC(=O)Nc5ccc(C)cc5C)cc4)cn3)n2)cc1. The van der Waals surface area contributed by atoms with E-state index in [0.29, 0.717) is 29.6 Å². The van der Waals surface area contributed by atoms with Crippen LogP contribution in [-0.2, 0) is 6.54 Å². The minimum Gasteiger partial charge on any atom is -0.332 e. The highest BCUT2D eigenvalue weighted by Gasteiger charge is 2.13. The Balaban J connectivity index is 1.19. The number of aromatic nitrogens is 4. The summed E-state index contributed by atoms with van der Waals surface area (Å²) >= 11 is 0. The Morgan fingerprint density at radius 3 is 2.42 bits per heavy atom. The number of imidazole rings is 1. The Morgan fingerprint density at radius 2 is 1.67 bits per heavy atom. The molecule has 8 heteroatoms. The predicted octanol–water partition coefficient (Wildman–Crippen LogP) is 6.22. The smallest absolute Gasteiger partial charge is 0.323 e. The first kappa shape index (κ1) is 23.0. The Kier molecular flexibility index (Phi) is 6.32. The van der Waals surface area contributed by atoms with Crippen LogP contribution in [0, 0.1) is 20.8 Å². The summed E-state index contributed by atoms with van der Waals surface area (Å²) < 4.78 is 7.37. The largest absolute Gasteiger partial charge is 0.332 e. The van der Waals surface area contributed by atoms with Crippen LogP contribution < -0.4 is 10.6 Å². The van der Waals surface area contributed by atoms with Crippen molar-refractivity contribution in [1.82, 2.24) is 19.7 Å². The monoisotopic (exact) mass is 478 g/mol. The van der Waals surface area contributed by atoms with Gasteiger partial charge >= 0.3 is 6.03 Å². The van der Waals surface area contributed by atoms with Crippen molar-refractivity contribution in [3.05, 3.63) is 102 Å². The lowest BCUT2D eigenvalue weighted by Gasteiger charge is -2.11. The molecule has 0 aliphatic carbocycles. The van der Waals surface area contributed by atoms with Crippen molar-refractivity contribution in [1.29, 1.82) is 0 Å². The van der Waals surface area contributed by atoms with Gasteiger partial charge in [0, 0.05) is 29.7 Å². The van der Waals surface area contributed by atoms with Crippen LogP contribution in [0.25, 0.3) is 23.0 Å². The van der Waals surface area contributed by atoms with Crippen LogP contribution in [0.5, 0.6) is 0 Å². The van der Waals surface area contributed by atoms with E-state index in [0.717, 1.165) is 27.9 Å². The van der Waals surface area contributed by atoms with E-state index < -0.39 is 0 Å². The number of aryl methyl sites for hydroxylation is 3. The number of urea groups is 1. The molecule has 36 heavy (non-hydrogen) atoms. The number of anilines is 2. The number of amides is 2. The average molecular weight is 479 g/mol. The fourth-order valence-corrected chi connectivity index (χ4v) is 3.85. The average Bonchev–Trinajstić information content (AvgIpc) is 3.53. The fraction of sp³-hybridized carbons (Fsp3) is 0.143. The van der Waals surface area contributed by atoms with Crippen LogP contribution in [0.1, 0.15) is 22.3 Å². The highest BCUT2D eigenvalue weighted by atomic mass is 16.5. The summed E-state index contributed by atoms with van der Waals surface area (Å²) in [6.07, 6.45) is 3.60. The highest BCUT2D eigenvalue weighted by Crippen LogP contribution is 2.22. The van der Waals surface area contributed by atoms with Crippen molar-refractivity contribution in [2.45, 2.75) is 27.3 Å². The van der Waals surface area contributed by atoms with Gasteiger partial charge in [-0.15, -0.1) is 0 Å². The van der Waals surface area contributed by atoms with E-state index in [9.17, 15) is 4.79 Å². The molecule has 2 N–H and O–H groups in total. The van der Waals surface area contributed by atoms with Crippen molar-refractivity contribution in [3.63, 3.8) is 0 Å². The standard InChI is InChI=1S/C28H26N6O2/c1-18-4-9-22(10-5-18)26-32-27(36-33-26)25-16-34(17-29-25)15-21-7-11-23(12-8-21)30-28(35)31-24-13-6-19(2)14-20(24)3/h4-14,16-17H,15H2,1-3H3,(H2,30,31,35). The van der Waals surface area contributed by atoms with E-state index in [2.05, 4.69) is 25.8 Å². The van der Waals surface area contributed by atoms with Gasteiger partial charge in [-0.05, 0) is 50.1 Å². The molecule has 0 aliphatic heterocycles. The molecule has 2 amide bonds. The molecule has 0 unspecified atom stereocenters. The topological polar surface area (TPSA) is 97.9 Å². The van der Waals surface area contributed by atoms with Crippen LogP contribution >= 0.6 is 0 Å². The number of carbonyl (C=O) groups excluding carboxylic acids is 1. The van der Waals surface area contributed by atoms with Crippen molar-refractivity contribution in [2.24, 2.45) is 0 Å². The van der Waals surface area contributed by atoms with E-state index in [4.69, 9.17) is 4.52 Å². The quantitative estimate of drug-likeness (QED) is 0.302. The molecule has 3 aromatic carbocycles. The van der Waals surface area contributed by atoms with Gasteiger partial charge in [-0.2, -0.15) is 4.98 Å². The molecule has 2 aromatic heterocycles. The van der Waals surface area contributed by atoms with Crippen molar-refractivity contribution in [3.8, 4) is 23.0 Å². The first-order chi connectivity index (χ1) is 17.4. The molecular formula is C28H26N6O2. The maximum absolute atomic E-state index is 12.4. The lowest BCUT2D eigenvalue weighted by molar-refractivity contribution is 0.262. The highest BCUT2D eigenvalue weighted by molar-refractivity contribution is 6.00. The summed E-state index contributed by atoms with van der Waals surface area (Å²) in [5.74, 6) is 0.905. The maximum atomic E-state index is 12.4. The molecule has 0 atom stereocenters. The zero-order valence-corrected chi connectivity index (χ0v) is 20.3. The second kappa shape index (κ2) is 9.87. The number of hydrogen-bond donors (Lipinski definition) is 2. The van der Waals surface area contributed by atoms with E-state index >= 15 is 0 Å². The molecule has 8 nitrogen and oxygen atoms in total. The third kappa shape index (κ3) is 5.33. The molecule has 5 rings (SSSR count). The number of carbonyl (C=O) groups is 1. The van der Waals surface area contributed by atoms with E-state index in [-0.39, 0.29) is 6.03 Å². The van der Waals surface area contributed by atoms with Crippen LogP contribution in [0.3, 0.4) is 0 Å². The van der Waals surface area contributed by atoms with Gasteiger partial charge in [0.05, 0.1) is 6.33 Å². The minimum atomic E-state index is -0.279. The number of hydrogen-bond acceptors (Lipinski definition) is 5. The molecule has 180 valence electrons. The molecule has 0 fully saturated rings. The Labute approximate surface area is 209 Å². The minimum absolute atomic E-state index is 0.279. The van der Waals surface area contributed by atoms with Gasteiger partial charge in [0.15, 0.2) is 0 Å². The summed E-state index contributed by atoms with van der Waals surface area (Å²) in [4.78, 5) is 21.3. The Morgan fingerprint density at radius 1 is 0.917 bits per heavy atom. The molecule has 0 saturated carbocycles. The first-order valence-electron chi connectivity index (χ1n) is 11.6. The molecule has 0 radical (unpaired) electrons. The third-order valence-electron chi connectivity index (χ3n) is 5.80. The number of nitrogens with zero attached hydrogens (tertiary/aromatic N) is 4. The predicted molar refractivity (Wildman–Crippen MR) is 140 cm³/mol. The van der Waals surface area contributed by atoms with Crippen molar-refractivity contribution < 1.29 is 9.32 Å². The van der Waals surface area contributed by atoms with Crippen LogP contribution in [0.4, 0.5) is 16.2 Å². The third-order valence-corrected chi connectivity index (χ3v) is 5.80. The van der Waals surface area contributed by atoms with Crippen LogP contribution in [-0.4, -0.2) is 25.7 Å². The molecule has 5 aromatic rings. The summed E-state index contributed by atoms with van der Waals surface area (Å²) in [7, 11) is 0. The zero-order valence-electron chi connectivity index (χ0n) is 20.3. The van der Waals surface area contributed by atoms with Gasteiger partial charge < -0.3 is 19.7 Å². The normalized spacial score (nSPS) is 10.9. The second-order valence-electron chi connectivity index (χ2n) is 8.81. The Hall–Kier alpha value is -4.72. The summed E-state index contributed by atoms with van der Waals surface area (Å²) in [6, 6.07) is 21.3. The molecular weight excluding hydrogens is 452 g/mol. The summed E-state index contributed by atoms with van der Waals surface area (Å²) in [5, 5.41) is 9.84. The lowest BCUT2D eigenvalue weighted by Crippen LogP contribution is -2.20. The Bertz CT molecular complexity index is 1500. The maximum Gasteiger partial charge on any atom is 0.323 e. The van der Waals surface area contributed by atoms with Gasteiger partial charge in [0.2, 0.25) is 5.82 Å². The van der Waals surface area contributed by atoms with Gasteiger partial charge in [0.1, 0.15) is 5.69 Å². The zero-order chi connectivity index (χ0) is 25.1. The number of nitrogens with one attached hydrogen (secondary N) is 2. The van der Waals surface area contributed by atoms with Crippen molar-refractivity contribution in [2.75, 3.05) is 10.6 Å². The molecule has 0 saturated heterocycles. The van der Waals surface area contributed by atoms with Crippen LogP contribution in [0.2, 0.25) is 0 Å². The fourth-order valence-electron chi connectivity index (χ4n) is 3.85. The van der Waals surface area contributed by atoms with E-state index in [1.165, 1.54) is 5.56 Å². The van der Waals surface area contributed by atoms with Crippen molar-refractivity contribution >= 4 is 17.4 Å². The van der Waals surface area contributed by atoms with Gasteiger partial charge in [-0.3, -0.25) is 0 Å².